The maximum atomic E-state index is 11.0. The molecule has 5 heteroatoms. The van der Waals surface area contributed by atoms with Crippen LogP contribution < -0.4 is 0 Å². The van der Waals surface area contributed by atoms with E-state index in [1.807, 2.05) is 72.8 Å². The first-order chi connectivity index (χ1) is 15.7. The zero-order valence-corrected chi connectivity index (χ0v) is 17.3. The van der Waals surface area contributed by atoms with Crippen LogP contribution in [0.3, 0.4) is 0 Å². The van der Waals surface area contributed by atoms with Gasteiger partial charge in [0.15, 0.2) is 5.65 Å². The van der Waals surface area contributed by atoms with Crippen molar-refractivity contribution < 1.29 is 10.2 Å². The summed E-state index contributed by atoms with van der Waals surface area (Å²) in [7, 11) is 0. The number of phenols is 1. The van der Waals surface area contributed by atoms with Crippen molar-refractivity contribution in [2.24, 2.45) is 0 Å². The monoisotopic (exact) mass is 419 g/mol. The van der Waals surface area contributed by atoms with Crippen LogP contribution in [0.1, 0.15) is 22.5 Å². The lowest BCUT2D eigenvalue weighted by atomic mass is 10.1. The number of phenolic OH excluding ortho intramolecular Hbond substituents is 1. The highest BCUT2D eigenvalue weighted by atomic mass is 16.3. The molecule has 2 aromatic heterocycles. The third-order valence-electron chi connectivity index (χ3n) is 5.29. The number of hydrogen-bond acceptors (Lipinski definition) is 4. The summed E-state index contributed by atoms with van der Waals surface area (Å²) < 4.78 is 1.68. The number of aromatic nitrogens is 3. The maximum absolute atomic E-state index is 11.0. The molecule has 0 spiro atoms. The average molecular weight is 419 g/mol. The second kappa shape index (κ2) is 8.40. The van der Waals surface area contributed by atoms with Gasteiger partial charge in [-0.05, 0) is 41.5 Å². The van der Waals surface area contributed by atoms with Crippen LogP contribution in [-0.2, 0) is 6.42 Å². The largest absolute Gasteiger partial charge is 0.508 e. The summed E-state index contributed by atoms with van der Waals surface area (Å²) in [5, 5.41) is 20.6. The lowest BCUT2D eigenvalue weighted by Gasteiger charge is -2.06. The Bertz CT molecular complexity index is 1390. The Morgan fingerprint density at radius 2 is 1.44 bits per heavy atom. The van der Waals surface area contributed by atoms with Gasteiger partial charge in [-0.3, -0.25) is 4.40 Å². The third kappa shape index (κ3) is 3.96. The molecule has 0 saturated heterocycles. The van der Waals surface area contributed by atoms with E-state index >= 15 is 0 Å². The molecule has 2 heterocycles. The summed E-state index contributed by atoms with van der Waals surface area (Å²) in [5.74, 6) is 0.287. The van der Waals surface area contributed by atoms with Crippen LogP contribution >= 0.6 is 0 Å². The van der Waals surface area contributed by atoms with Gasteiger partial charge in [0.1, 0.15) is 17.1 Å². The van der Waals surface area contributed by atoms with E-state index < -0.39 is 0 Å². The standard InChI is InChI=1S/C27H21N3O2/c31-22-14-12-21(13-15-22)25-18-30-26(23(28-25)16-11-19-7-3-1-4-8-19)29-24(27(30)32)17-20-9-5-2-6-10-20/h1-16,18,31-32H,17H2/b16-11+. The summed E-state index contributed by atoms with van der Waals surface area (Å²) in [4.78, 5) is 9.54. The van der Waals surface area contributed by atoms with Crippen molar-refractivity contribution in [1.29, 1.82) is 0 Å². The predicted octanol–water partition coefficient (Wildman–Crippen LogP) is 5.57. The average Bonchev–Trinajstić information content (AvgIpc) is 3.14. The Morgan fingerprint density at radius 3 is 2.16 bits per heavy atom. The van der Waals surface area contributed by atoms with Crippen molar-refractivity contribution in [3.63, 3.8) is 0 Å². The molecule has 0 radical (unpaired) electrons. The highest BCUT2D eigenvalue weighted by Gasteiger charge is 2.16. The van der Waals surface area contributed by atoms with Crippen molar-refractivity contribution in [2.75, 3.05) is 0 Å². The van der Waals surface area contributed by atoms with Crippen LogP contribution in [0.5, 0.6) is 11.6 Å². The van der Waals surface area contributed by atoms with E-state index in [1.165, 1.54) is 0 Å². The molecule has 0 bridgehead atoms. The molecular formula is C27H21N3O2. The quantitative estimate of drug-likeness (QED) is 0.391. The minimum absolute atomic E-state index is 0.0978. The molecule has 5 rings (SSSR count). The van der Waals surface area contributed by atoms with Crippen LogP contribution in [0, 0.1) is 0 Å². The molecule has 0 fully saturated rings. The van der Waals surface area contributed by atoms with E-state index in [-0.39, 0.29) is 11.6 Å². The summed E-state index contributed by atoms with van der Waals surface area (Å²) >= 11 is 0. The van der Waals surface area contributed by atoms with E-state index in [4.69, 9.17) is 9.97 Å². The summed E-state index contributed by atoms with van der Waals surface area (Å²) in [6.45, 7) is 0. The van der Waals surface area contributed by atoms with Crippen LogP contribution in [0.4, 0.5) is 0 Å². The smallest absolute Gasteiger partial charge is 0.219 e. The molecule has 0 aliphatic rings. The van der Waals surface area contributed by atoms with Crippen LogP contribution in [0.25, 0.3) is 29.1 Å². The van der Waals surface area contributed by atoms with Gasteiger partial charge in [0.05, 0.1) is 5.69 Å². The number of imidazole rings is 1. The Kier molecular flexibility index (Phi) is 5.14. The van der Waals surface area contributed by atoms with Gasteiger partial charge in [-0.25, -0.2) is 9.97 Å². The molecule has 0 saturated carbocycles. The Hall–Kier alpha value is -4.38. The molecule has 32 heavy (non-hydrogen) atoms. The van der Waals surface area contributed by atoms with Gasteiger partial charge in [0, 0.05) is 18.2 Å². The number of aromatic hydroxyl groups is 2. The zero-order valence-electron chi connectivity index (χ0n) is 17.3. The molecule has 0 atom stereocenters. The number of rotatable bonds is 5. The van der Waals surface area contributed by atoms with E-state index in [2.05, 4.69) is 0 Å². The number of hydrogen-bond donors (Lipinski definition) is 2. The fourth-order valence-corrected chi connectivity index (χ4v) is 3.64. The first kappa shape index (κ1) is 19.6. The molecule has 0 amide bonds. The highest BCUT2D eigenvalue weighted by molar-refractivity contribution is 5.77. The number of nitrogens with zero attached hydrogens (tertiary/aromatic N) is 3. The van der Waals surface area contributed by atoms with Gasteiger partial charge in [-0.2, -0.15) is 0 Å². The van der Waals surface area contributed by atoms with Gasteiger partial charge in [-0.15, -0.1) is 0 Å². The first-order valence-corrected chi connectivity index (χ1v) is 10.3. The molecule has 0 aliphatic heterocycles. The number of fused-ring (bicyclic) bond motifs is 1. The Balaban J connectivity index is 1.65. The molecule has 0 unspecified atom stereocenters. The summed E-state index contributed by atoms with van der Waals surface area (Å²) in [5.41, 5.74) is 5.44. The molecule has 0 aliphatic carbocycles. The van der Waals surface area contributed by atoms with Gasteiger partial charge in [0.2, 0.25) is 5.88 Å². The normalized spacial score (nSPS) is 11.4. The third-order valence-corrected chi connectivity index (χ3v) is 5.29. The maximum Gasteiger partial charge on any atom is 0.219 e. The lowest BCUT2D eigenvalue weighted by Crippen LogP contribution is -1.95. The number of benzene rings is 3. The van der Waals surface area contributed by atoms with E-state index in [0.29, 0.717) is 29.1 Å². The summed E-state index contributed by atoms with van der Waals surface area (Å²) in [6, 6.07) is 26.7. The minimum Gasteiger partial charge on any atom is -0.508 e. The molecule has 3 aromatic carbocycles. The SMILES string of the molecule is Oc1ccc(-c2cn3c(O)c(Cc4ccccc4)nc3c(/C=C/c3ccccc3)n2)cc1. The van der Waals surface area contributed by atoms with Crippen molar-refractivity contribution in [1.82, 2.24) is 14.4 Å². The summed E-state index contributed by atoms with van der Waals surface area (Å²) in [6.07, 6.45) is 6.18. The zero-order chi connectivity index (χ0) is 21.9. The lowest BCUT2D eigenvalue weighted by molar-refractivity contribution is 0.442. The van der Waals surface area contributed by atoms with Gasteiger partial charge < -0.3 is 10.2 Å². The molecule has 2 N–H and O–H groups in total. The van der Waals surface area contributed by atoms with Crippen LogP contribution in [0.2, 0.25) is 0 Å². The molecular weight excluding hydrogens is 398 g/mol. The Labute approximate surface area is 185 Å². The van der Waals surface area contributed by atoms with Crippen LogP contribution in [0.15, 0.2) is 91.1 Å². The molecule has 5 aromatic rings. The van der Waals surface area contributed by atoms with Crippen LogP contribution in [-0.4, -0.2) is 24.6 Å². The van der Waals surface area contributed by atoms with E-state index in [1.54, 1.807) is 34.9 Å². The van der Waals surface area contributed by atoms with E-state index in [0.717, 1.165) is 16.7 Å². The molecule has 5 nitrogen and oxygen atoms in total. The fourth-order valence-electron chi connectivity index (χ4n) is 3.64. The van der Waals surface area contributed by atoms with Crippen molar-refractivity contribution >= 4 is 17.8 Å². The van der Waals surface area contributed by atoms with Gasteiger partial charge in [-0.1, -0.05) is 66.7 Å². The topological polar surface area (TPSA) is 70.7 Å². The Morgan fingerprint density at radius 1 is 0.750 bits per heavy atom. The van der Waals surface area contributed by atoms with Crippen molar-refractivity contribution in [3.8, 4) is 22.9 Å². The fraction of sp³-hybridized carbons (Fsp3) is 0.0370. The predicted molar refractivity (Wildman–Crippen MR) is 126 cm³/mol. The van der Waals surface area contributed by atoms with Gasteiger partial charge >= 0.3 is 0 Å². The van der Waals surface area contributed by atoms with Crippen molar-refractivity contribution in [2.45, 2.75) is 6.42 Å². The van der Waals surface area contributed by atoms with E-state index in [9.17, 15) is 10.2 Å². The highest BCUT2D eigenvalue weighted by Crippen LogP contribution is 2.28. The molecule has 156 valence electrons. The second-order valence-corrected chi connectivity index (χ2v) is 7.54. The van der Waals surface area contributed by atoms with Crippen molar-refractivity contribution in [3.05, 3.63) is 114 Å². The second-order valence-electron chi connectivity index (χ2n) is 7.54. The minimum atomic E-state index is 0.0978. The first-order valence-electron chi connectivity index (χ1n) is 10.3. The van der Waals surface area contributed by atoms with Gasteiger partial charge in [0.25, 0.3) is 0 Å².